The van der Waals surface area contributed by atoms with Gasteiger partial charge in [-0.3, -0.25) is 0 Å². The van der Waals surface area contributed by atoms with Crippen molar-refractivity contribution in [1.82, 2.24) is 0 Å². The fourth-order valence-electron chi connectivity index (χ4n) is 1.59. The molecule has 1 aromatic rings. The second-order valence-electron chi connectivity index (χ2n) is 4.96. The molecule has 0 radical (unpaired) electrons. The van der Waals surface area contributed by atoms with Crippen molar-refractivity contribution in [2.45, 2.75) is 39.7 Å². The number of pyridine rings is 1. The van der Waals surface area contributed by atoms with Gasteiger partial charge in [0.15, 0.2) is 12.4 Å². The minimum Gasteiger partial charge on any atom is -0.462 e. The Balaban J connectivity index is 0.000000841. The Morgan fingerprint density at radius 1 is 1.35 bits per heavy atom. The van der Waals surface area contributed by atoms with Gasteiger partial charge in [-0.25, -0.2) is 9.36 Å². The number of ether oxygens (including phenoxy) is 1. The summed E-state index contributed by atoms with van der Waals surface area (Å²) in [7, 11) is -6.00. The van der Waals surface area contributed by atoms with E-state index in [-0.39, 0.29) is 5.97 Å². The van der Waals surface area contributed by atoms with E-state index >= 15 is 0 Å². The lowest BCUT2D eigenvalue weighted by atomic mass is 10.2. The highest BCUT2D eigenvalue weighted by Gasteiger charge is 2.20. The molecular weight excluding hydrogens is 313 g/mol. The molecule has 0 unspecified atom stereocenters. The van der Waals surface area contributed by atoms with Crippen molar-refractivity contribution in [2.75, 3.05) is 6.61 Å². The second-order valence-corrected chi connectivity index (χ2v) is 4.96. The molecule has 0 bridgehead atoms. The molecule has 0 saturated carbocycles. The highest BCUT2D eigenvalue weighted by atomic mass is 19.5. The molecule has 23 heavy (non-hydrogen) atoms. The highest BCUT2D eigenvalue weighted by molar-refractivity contribution is 6.50. The minimum absolute atomic E-state index is 0.315. The van der Waals surface area contributed by atoms with Crippen molar-refractivity contribution in [3.05, 3.63) is 42.2 Å². The number of nitrogens with zero attached hydrogens (tertiary/aromatic N) is 1. The summed E-state index contributed by atoms with van der Waals surface area (Å²) >= 11 is 0. The molecule has 1 heterocycles. The van der Waals surface area contributed by atoms with Crippen LogP contribution < -0.4 is 4.57 Å². The van der Waals surface area contributed by atoms with Gasteiger partial charge in [-0.1, -0.05) is 19.9 Å². The zero-order valence-electron chi connectivity index (χ0n) is 13.4. The van der Waals surface area contributed by atoms with E-state index < -0.39 is 7.25 Å². The number of carbonyl (C=O) groups is 1. The van der Waals surface area contributed by atoms with Crippen molar-refractivity contribution in [2.24, 2.45) is 0 Å². The Hall–Kier alpha value is -1.86. The molecule has 0 aliphatic rings. The molecule has 130 valence electrons. The summed E-state index contributed by atoms with van der Waals surface area (Å²) in [6, 6.07) is 4.09. The standard InChI is InChI=1S/C15H22NO2.BF4/c1-4-5-9-16-10-6-7-14(12-16)8-11-18-15(17)13(2)3;2-1(3,4)5/h6-7,10,12H,2,4-5,8-9,11H2,1,3H3;/q+1;-1. The van der Waals surface area contributed by atoms with Gasteiger partial charge in [-0.15, -0.1) is 0 Å². The monoisotopic (exact) mass is 335 g/mol. The first-order chi connectivity index (χ1) is 10.6. The third kappa shape index (κ3) is 13.5. The molecule has 1 rings (SSSR count). The fourth-order valence-corrected chi connectivity index (χ4v) is 1.59. The molecule has 0 saturated heterocycles. The van der Waals surface area contributed by atoms with Crippen LogP contribution in [0.15, 0.2) is 36.7 Å². The first-order valence-corrected chi connectivity index (χ1v) is 7.31. The molecule has 0 aliphatic heterocycles. The number of rotatable bonds is 7. The molecule has 0 N–H and O–H groups in total. The Morgan fingerprint density at radius 3 is 2.48 bits per heavy atom. The molecule has 0 spiro atoms. The fraction of sp³-hybridized carbons (Fsp3) is 0.467. The summed E-state index contributed by atoms with van der Waals surface area (Å²) in [6.45, 7) is 8.83. The van der Waals surface area contributed by atoms with Gasteiger partial charge in [0.25, 0.3) is 0 Å². The predicted molar refractivity (Wildman–Crippen MR) is 81.2 cm³/mol. The van der Waals surface area contributed by atoms with E-state index in [2.05, 4.69) is 36.5 Å². The molecule has 0 aromatic carbocycles. The maximum absolute atomic E-state index is 11.2. The van der Waals surface area contributed by atoms with Crippen LogP contribution in [0.2, 0.25) is 0 Å². The average Bonchev–Trinajstić information content (AvgIpc) is 2.43. The number of esters is 1. The highest BCUT2D eigenvalue weighted by Crippen LogP contribution is 2.06. The topological polar surface area (TPSA) is 30.2 Å². The molecule has 0 fully saturated rings. The van der Waals surface area contributed by atoms with Gasteiger partial charge in [0.05, 0.1) is 6.61 Å². The van der Waals surface area contributed by atoms with Crippen LogP contribution in [0, 0.1) is 0 Å². The summed E-state index contributed by atoms with van der Waals surface area (Å²) < 4.78 is 46.3. The smallest absolute Gasteiger partial charge is 0.462 e. The van der Waals surface area contributed by atoms with Crippen molar-refractivity contribution in [3.63, 3.8) is 0 Å². The van der Waals surface area contributed by atoms with E-state index in [1.165, 1.54) is 18.4 Å². The van der Waals surface area contributed by atoms with Crippen LogP contribution >= 0.6 is 0 Å². The zero-order chi connectivity index (χ0) is 17.9. The van der Waals surface area contributed by atoms with E-state index in [4.69, 9.17) is 4.74 Å². The quantitative estimate of drug-likeness (QED) is 0.250. The summed E-state index contributed by atoms with van der Waals surface area (Å²) in [5.74, 6) is -0.315. The SMILES string of the molecule is C=C(C)C(=O)OCCc1ccc[n+](CCCC)c1.F[B-](F)(F)F. The largest absolute Gasteiger partial charge is 0.673 e. The number of hydrogen-bond acceptors (Lipinski definition) is 2. The molecular formula is C15H22BF4NO2. The maximum atomic E-state index is 11.2. The average molecular weight is 335 g/mol. The zero-order valence-corrected chi connectivity index (χ0v) is 13.4. The number of aryl methyl sites for hydroxylation is 1. The Bertz CT molecular complexity index is 500. The number of carbonyl (C=O) groups excluding carboxylic acids is 1. The Morgan fingerprint density at radius 2 is 1.96 bits per heavy atom. The van der Waals surface area contributed by atoms with Crippen LogP contribution in [0.3, 0.4) is 0 Å². The number of aromatic nitrogens is 1. The van der Waals surface area contributed by atoms with Crippen molar-refractivity contribution in [3.8, 4) is 0 Å². The summed E-state index contributed by atoms with van der Waals surface area (Å²) in [4.78, 5) is 11.2. The molecule has 1 aromatic heterocycles. The lowest BCUT2D eigenvalue weighted by Gasteiger charge is -2.04. The molecule has 3 nitrogen and oxygen atoms in total. The number of unbranched alkanes of at least 4 members (excludes halogenated alkanes) is 1. The van der Waals surface area contributed by atoms with Gasteiger partial charge in [-0.2, -0.15) is 0 Å². The van der Waals surface area contributed by atoms with Crippen molar-refractivity contribution in [1.29, 1.82) is 0 Å². The van der Waals surface area contributed by atoms with Crippen molar-refractivity contribution < 1.29 is 31.4 Å². The van der Waals surface area contributed by atoms with E-state index in [0.717, 1.165) is 13.0 Å². The Labute approximate surface area is 134 Å². The van der Waals surface area contributed by atoms with Gasteiger partial charge < -0.3 is 22.0 Å². The lowest BCUT2D eigenvalue weighted by Crippen LogP contribution is -2.33. The van der Waals surface area contributed by atoms with Gasteiger partial charge in [0, 0.05) is 30.0 Å². The lowest BCUT2D eigenvalue weighted by molar-refractivity contribution is -0.697. The van der Waals surface area contributed by atoms with E-state index in [9.17, 15) is 22.1 Å². The van der Waals surface area contributed by atoms with Crippen LogP contribution in [0.1, 0.15) is 32.3 Å². The molecule has 0 aliphatic carbocycles. The summed E-state index contributed by atoms with van der Waals surface area (Å²) in [6.07, 6.45) is 7.29. The number of hydrogen-bond donors (Lipinski definition) is 0. The maximum Gasteiger partial charge on any atom is 0.673 e. The van der Waals surface area contributed by atoms with Crippen LogP contribution in [0.25, 0.3) is 0 Å². The third-order valence-corrected chi connectivity index (χ3v) is 2.66. The summed E-state index contributed by atoms with van der Waals surface area (Å²) in [5.41, 5.74) is 1.63. The predicted octanol–water partition coefficient (Wildman–Crippen LogP) is 3.74. The van der Waals surface area contributed by atoms with E-state index in [1.807, 2.05) is 6.07 Å². The van der Waals surface area contributed by atoms with Crippen LogP contribution in [0.4, 0.5) is 17.3 Å². The van der Waals surface area contributed by atoms with Gasteiger partial charge in [0.1, 0.15) is 6.54 Å². The van der Waals surface area contributed by atoms with E-state index in [0.29, 0.717) is 12.2 Å². The van der Waals surface area contributed by atoms with Crippen LogP contribution in [-0.2, 0) is 22.5 Å². The Kier molecular flexibility index (Phi) is 9.93. The van der Waals surface area contributed by atoms with Crippen LogP contribution in [-0.4, -0.2) is 19.8 Å². The molecule has 0 atom stereocenters. The molecule has 8 heteroatoms. The second kappa shape index (κ2) is 10.8. The first-order valence-electron chi connectivity index (χ1n) is 7.31. The number of halogens is 4. The van der Waals surface area contributed by atoms with Gasteiger partial charge >= 0.3 is 13.2 Å². The minimum atomic E-state index is -6.00. The van der Waals surface area contributed by atoms with Gasteiger partial charge in [0.2, 0.25) is 0 Å². The summed E-state index contributed by atoms with van der Waals surface area (Å²) in [5, 5.41) is 0. The normalized spacial score (nSPS) is 10.5. The first kappa shape index (κ1) is 21.1. The van der Waals surface area contributed by atoms with Gasteiger partial charge in [-0.05, 0) is 13.0 Å². The van der Waals surface area contributed by atoms with E-state index in [1.54, 1.807) is 6.92 Å². The third-order valence-electron chi connectivity index (χ3n) is 2.66. The van der Waals surface area contributed by atoms with Crippen LogP contribution in [0.5, 0.6) is 0 Å². The molecule has 0 amide bonds. The van der Waals surface area contributed by atoms with Crippen molar-refractivity contribution >= 4 is 13.2 Å².